The first-order valence-electron chi connectivity index (χ1n) is 7.75. The van der Waals surface area contributed by atoms with E-state index in [1.807, 2.05) is 32.0 Å². The number of benzene rings is 1. The Balaban J connectivity index is 2.26. The summed E-state index contributed by atoms with van der Waals surface area (Å²) in [7, 11) is 0. The van der Waals surface area contributed by atoms with E-state index in [1.54, 1.807) is 13.0 Å². The summed E-state index contributed by atoms with van der Waals surface area (Å²) in [5.41, 5.74) is 0.805. The molecule has 1 saturated heterocycles. The maximum atomic E-state index is 12.1. The quantitative estimate of drug-likeness (QED) is 0.707. The number of imide groups is 1. The fourth-order valence-corrected chi connectivity index (χ4v) is 3.04. The summed E-state index contributed by atoms with van der Waals surface area (Å²) in [6.45, 7) is 7.26. The van der Waals surface area contributed by atoms with E-state index in [4.69, 9.17) is 9.47 Å². The van der Waals surface area contributed by atoms with Crippen LogP contribution in [0.5, 0.6) is 11.5 Å². The van der Waals surface area contributed by atoms with Gasteiger partial charge < -0.3 is 9.47 Å². The minimum absolute atomic E-state index is 0.225. The summed E-state index contributed by atoms with van der Waals surface area (Å²) in [5, 5.41) is -0.225. The number of carbonyl (C=O) groups excluding carboxylic acids is 2. The van der Waals surface area contributed by atoms with E-state index in [2.05, 4.69) is 0 Å². The van der Waals surface area contributed by atoms with Gasteiger partial charge in [0, 0.05) is 6.54 Å². The van der Waals surface area contributed by atoms with E-state index >= 15 is 0 Å². The minimum atomic E-state index is -0.244. The molecule has 0 N–H and O–H groups in total. The van der Waals surface area contributed by atoms with E-state index < -0.39 is 0 Å². The highest BCUT2D eigenvalue weighted by molar-refractivity contribution is 8.18. The van der Waals surface area contributed by atoms with Gasteiger partial charge in [0.2, 0.25) is 0 Å². The smallest absolute Gasteiger partial charge is 0.293 e. The highest BCUT2D eigenvalue weighted by atomic mass is 32.2. The predicted octanol–water partition coefficient (Wildman–Crippen LogP) is 3.93. The number of hydrogen-bond donors (Lipinski definition) is 0. The standard InChI is InChI=1S/C17H21NO4S/c1-4-9-22-13-8-7-12(10-14(13)21-6-3)11-15-16(19)18(5-2)17(20)23-15/h7-8,10-11H,4-6,9H2,1-3H3/b15-11+. The van der Waals surface area contributed by atoms with Crippen molar-refractivity contribution in [1.82, 2.24) is 4.90 Å². The van der Waals surface area contributed by atoms with Crippen molar-refractivity contribution >= 4 is 29.0 Å². The Kier molecular flexibility index (Phi) is 6.10. The minimum Gasteiger partial charge on any atom is -0.490 e. The molecule has 23 heavy (non-hydrogen) atoms. The van der Waals surface area contributed by atoms with Crippen LogP contribution in [0.25, 0.3) is 6.08 Å². The van der Waals surface area contributed by atoms with Crippen molar-refractivity contribution in [2.24, 2.45) is 0 Å². The first-order valence-corrected chi connectivity index (χ1v) is 8.57. The van der Waals surface area contributed by atoms with Crippen LogP contribution in [-0.4, -0.2) is 35.8 Å². The number of thioether (sulfide) groups is 1. The summed E-state index contributed by atoms with van der Waals surface area (Å²) in [4.78, 5) is 25.5. The first kappa shape index (κ1) is 17.4. The monoisotopic (exact) mass is 335 g/mol. The average Bonchev–Trinajstić information content (AvgIpc) is 2.80. The molecule has 1 heterocycles. The van der Waals surface area contributed by atoms with Gasteiger partial charge in [0.05, 0.1) is 18.1 Å². The summed E-state index contributed by atoms with van der Waals surface area (Å²) < 4.78 is 11.3. The van der Waals surface area contributed by atoms with E-state index in [0.717, 1.165) is 23.7 Å². The lowest BCUT2D eigenvalue weighted by molar-refractivity contribution is -0.122. The molecular weight excluding hydrogens is 314 g/mol. The first-order chi connectivity index (χ1) is 11.1. The maximum absolute atomic E-state index is 12.1. The molecular formula is C17H21NO4S. The fraction of sp³-hybridized carbons (Fsp3) is 0.412. The molecule has 0 unspecified atom stereocenters. The maximum Gasteiger partial charge on any atom is 0.293 e. The normalized spacial score (nSPS) is 16.3. The van der Waals surface area contributed by atoms with Gasteiger partial charge in [-0.15, -0.1) is 0 Å². The lowest BCUT2D eigenvalue weighted by Gasteiger charge is -2.12. The largest absolute Gasteiger partial charge is 0.490 e. The van der Waals surface area contributed by atoms with E-state index in [1.165, 1.54) is 4.90 Å². The molecule has 0 bridgehead atoms. The third-order valence-corrected chi connectivity index (χ3v) is 4.12. The van der Waals surface area contributed by atoms with E-state index in [-0.39, 0.29) is 11.1 Å². The summed E-state index contributed by atoms with van der Waals surface area (Å²) in [6, 6.07) is 5.51. The Hall–Kier alpha value is -1.95. The van der Waals surface area contributed by atoms with Crippen LogP contribution in [0.1, 0.15) is 32.8 Å². The third-order valence-electron chi connectivity index (χ3n) is 3.22. The zero-order valence-corrected chi connectivity index (χ0v) is 14.4. The van der Waals surface area contributed by atoms with E-state index in [0.29, 0.717) is 36.2 Å². The molecule has 5 nitrogen and oxygen atoms in total. The van der Waals surface area contributed by atoms with Crippen LogP contribution < -0.4 is 9.47 Å². The molecule has 2 amide bonds. The number of hydrogen-bond acceptors (Lipinski definition) is 5. The zero-order chi connectivity index (χ0) is 16.8. The molecule has 1 fully saturated rings. The number of amides is 2. The van der Waals surface area contributed by atoms with Gasteiger partial charge in [0.15, 0.2) is 11.5 Å². The molecule has 1 aliphatic rings. The van der Waals surface area contributed by atoms with Gasteiger partial charge in [-0.1, -0.05) is 13.0 Å². The summed E-state index contributed by atoms with van der Waals surface area (Å²) >= 11 is 0.965. The lowest BCUT2D eigenvalue weighted by atomic mass is 10.2. The average molecular weight is 335 g/mol. The summed E-state index contributed by atoms with van der Waals surface area (Å²) in [5.74, 6) is 1.09. The van der Waals surface area contributed by atoms with Crippen LogP contribution in [0.2, 0.25) is 0 Å². The molecule has 124 valence electrons. The van der Waals surface area contributed by atoms with Crippen LogP contribution >= 0.6 is 11.8 Å². The Labute approximate surface area is 140 Å². The molecule has 1 aliphatic heterocycles. The Bertz CT molecular complexity index is 627. The van der Waals surface area contributed by atoms with Crippen molar-refractivity contribution in [2.75, 3.05) is 19.8 Å². The number of ether oxygens (including phenoxy) is 2. The third kappa shape index (κ3) is 4.07. The molecule has 0 aromatic heterocycles. The van der Waals surface area contributed by atoms with Crippen LogP contribution in [0.3, 0.4) is 0 Å². The van der Waals surface area contributed by atoms with Crippen LogP contribution in [0.4, 0.5) is 4.79 Å². The van der Waals surface area contributed by atoms with Crippen molar-refractivity contribution in [3.05, 3.63) is 28.7 Å². The molecule has 0 aliphatic carbocycles. The topological polar surface area (TPSA) is 55.8 Å². The Morgan fingerprint density at radius 1 is 1.13 bits per heavy atom. The molecule has 1 aromatic rings. The number of likely N-dealkylation sites (N-methyl/N-ethyl adjacent to an activating group) is 1. The number of rotatable bonds is 7. The van der Waals surface area contributed by atoms with Gasteiger partial charge in [-0.3, -0.25) is 14.5 Å². The SMILES string of the molecule is CCCOc1ccc(/C=C2/SC(=O)N(CC)C2=O)cc1OCC. The second-order valence-corrected chi connectivity index (χ2v) is 5.91. The fourth-order valence-electron chi connectivity index (χ4n) is 2.14. The Morgan fingerprint density at radius 2 is 1.91 bits per heavy atom. The van der Waals surface area contributed by atoms with Gasteiger partial charge in [0.1, 0.15) is 0 Å². The highest BCUT2D eigenvalue weighted by Crippen LogP contribution is 2.34. The van der Waals surface area contributed by atoms with Crippen LogP contribution in [-0.2, 0) is 4.79 Å². The molecule has 2 rings (SSSR count). The zero-order valence-electron chi connectivity index (χ0n) is 13.6. The summed E-state index contributed by atoms with van der Waals surface area (Å²) in [6.07, 6.45) is 2.63. The molecule has 0 spiro atoms. The van der Waals surface area contributed by atoms with Gasteiger partial charge in [-0.05, 0) is 55.8 Å². The molecule has 0 radical (unpaired) electrons. The van der Waals surface area contributed by atoms with Crippen LogP contribution in [0.15, 0.2) is 23.1 Å². The Morgan fingerprint density at radius 3 is 2.52 bits per heavy atom. The van der Waals surface area contributed by atoms with Gasteiger partial charge in [-0.2, -0.15) is 0 Å². The van der Waals surface area contributed by atoms with Crippen LogP contribution in [0, 0.1) is 0 Å². The second kappa shape index (κ2) is 8.06. The molecule has 1 aromatic carbocycles. The highest BCUT2D eigenvalue weighted by Gasteiger charge is 2.33. The van der Waals surface area contributed by atoms with Gasteiger partial charge in [0.25, 0.3) is 11.1 Å². The molecule has 0 atom stereocenters. The van der Waals surface area contributed by atoms with Crippen molar-refractivity contribution in [2.45, 2.75) is 27.2 Å². The lowest BCUT2D eigenvalue weighted by Crippen LogP contribution is -2.27. The van der Waals surface area contributed by atoms with Crippen molar-refractivity contribution in [1.29, 1.82) is 0 Å². The van der Waals surface area contributed by atoms with Gasteiger partial charge >= 0.3 is 0 Å². The van der Waals surface area contributed by atoms with Crippen molar-refractivity contribution < 1.29 is 19.1 Å². The number of nitrogens with zero attached hydrogens (tertiary/aromatic N) is 1. The predicted molar refractivity (Wildman–Crippen MR) is 91.7 cm³/mol. The van der Waals surface area contributed by atoms with E-state index in [9.17, 15) is 9.59 Å². The molecule has 6 heteroatoms. The second-order valence-electron chi connectivity index (χ2n) is 4.91. The molecule has 0 saturated carbocycles. The van der Waals surface area contributed by atoms with Crippen molar-refractivity contribution in [3.8, 4) is 11.5 Å². The van der Waals surface area contributed by atoms with Gasteiger partial charge in [-0.25, -0.2) is 0 Å². The van der Waals surface area contributed by atoms with Crippen molar-refractivity contribution in [3.63, 3.8) is 0 Å². The number of carbonyl (C=O) groups is 2.